The number of aromatic nitrogens is 4. The average Bonchev–Trinajstić information content (AvgIpc) is 3.16. The molecule has 0 spiro atoms. The molecule has 2 heterocycles. The van der Waals surface area contributed by atoms with Crippen LogP contribution in [0.4, 0.5) is 17.6 Å². The van der Waals surface area contributed by atoms with Crippen LogP contribution in [0.15, 0.2) is 18.3 Å². The van der Waals surface area contributed by atoms with Crippen LogP contribution in [0.5, 0.6) is 0 Å². The SMILES string of the molecule is CCC[C@H](CCC(N)=O)n1c(Nc2c(Cl)cc(Cl)cc2Cl)nc2cnc(N[C@H]3CCC[C@H](O)C3)nc21. The van der Waals surface area contributed by atoms with Gasteiger partial charge in [0.25, 0.3) is 0 Å². The Morgan fingerprint density at radius 2 is 1.97 bits per heavy atom. The van der Waals surface area contributed by atoms with Crippen LogP contribution in [-0.2, 0) is 4.79 Å². The molecule has 0 saturated heterocycles. The minimum atomic E-state index is -0.369. The maximum Gasteiger partial charge on any atom is 0.224 e. The monoisotopic (exact) mass is 553 g/mol. The van der Waals surface area contributed by atoms with Crippen molar-refractivity contribution in [2.75, 3.05) is 10.6 Å². The summed E-state index contributed by atoms with van der Waals surface area (Å²) in [5, 5.41) is 17.8. The molecule has 0 bridgehead atoms. The van der Waals surface area contributed by atoms with Crippen LogP contribution in [0.3, 0.4) is 0 Å². The fraction of sp³-hybridized carbons (Fsp3) is 0.500. The van der Waals surface area contributed by atoms with E-state index >= 15 is 0 Å². The Morgan fingerprint density at radius 1 is 1.22 bits per heavy atom. The topological polar surface area (TPSA) is 131 Å². The van der Waals surface area contributed by atoms with Crippen LogP contribution in [0, 0.1) is 0 Å². The Kier molecular flexibility index (Phi) is 8.77. The van der Waals surface area contributed by atoms with Gasteiger partial charge in [-0.3, -0.25) is 9.36 Å². The summed E-state index contributed by atoms with van der Waals surface area (Å²) in [5.41, 5.74) is 7.12. The highest BCUT2D eigenvalue weighted by molar-refractivity contribution is 6.41. The largest absolute Gasteiger partial charge is 0.393 e. The first-order valence-corrected chi connectivity index (χ1v) is 13.3. The lowest BCUT2D eigenvalue weighted by atomic mass is 9.93. The van der Waals surface area contributed by atoms with Gasteiger partial charge in [-0.25, -0.2) is 9.97 Å². The molecule has 4 rings (SSSR count). The number of fused-ring (bicyclic) bond motifs is 1. The quantitative estimate of drug-likeness (QED) is 0.247. The van der Waals surface area contributed by atoms with Gasteiger partial charge in [0.1, 0.15) is 5.52 Å². The van der Waals surface area contributed by atoms with Crippen molar-refractivity contribution in [2.45, 2.75) is 76.5 Å². The molecular weight excluding hydrogens is 525 g/mol. The normalized spacial score (nSPS) is 18.8. The molecule has 1 aliphatic rings. The van der Waals surface area contributed by atoms with Gasteiger partial charge < -0.3 is 21.5 Å². The number of halogens is 3. The van der Waals surface area contributed by atoms with Crippen molar-refractivity contribution < 1.29 is 9.90 Å². The number of amides is 1. The van der Waals surface area contributed by atoms with Gasteiger partial charge in [0.05, 0.1) is 28.0 Å². The van der Waals surface area contributed by atoms with Crippen molar-refractivity contribution in [2.24, 2.45) is 5.73 Å². The number of primary amides is 1. The van der Waals surface area contributed by atoms with Gasteiger partial charge in [-0.1, -0.05) is 48.1 Å². The molecule has 0 radical (unpaired) electrons. The van der Waals surface area contributed by atoms with Crippen molar-refractivity contribution in [3.05, 3.63) is 33.4 Å². The van der Waals surface area contributed by atoms with Gasteiger partial charge >= 0.3 is 0 Å². The summed E-state index contributed by atoms with van der Waals surface area (Å²) in [6, 6.07) is 3.18. The van der Waals surface area contributed by atoms with E-state index in [1.807, 2.05) is 4.57 Å². The summed E-state index contributed by atoms with van der Waals surface area (Å²) in [6.07, 6.45) is 7.09. The van der Waals surface area contributed by atoms with Crippen molar-refractivity contribution in [3.63, 3.8) is 0 Å². The summed E-state index contributed by atoms with van der Waals surface area (Å²) in [7, 11) is 0. The zero-order chi connectivity index (χ0) is 25.8. The van der Waals surface area contributed by atoms with Gasteiger partial charge in [-0.2, -0.15) is 4.98 Å². The van der Waals surface area contributed by atoms with Crippen molar-refractivity contribution >= 4 is 69.5 Å². The lowest BCUT2D eigenvalue weighted by Crippen LogP contribution is -2.30. The Balaban J connectivity index is 1.77. The van der Waals surface area contributed by atoms with Crippen molar-refractivity contribution in [3.8, 4) is 0 Å². The molecular formula is C24H30Cl3N7O2. The number of imidazole rings is 1. The molecule has 0 unspecified atom stereocenters. The van der Waals surface area contributed by atoms with Gasteiger partial charge in [-0.15, -0.1) is 0 Å². The zero-order valence-corrected chi connectivity index (χ0v) is 22.2. The highest BCUT2D eigenvalue weighted by Gasteiger charge is 2.24. The third kappa shape index (κ3) is 6.32. The van der Waals surface area contributed by atoms with E-state index in [9.17, 15) is 9.90 Å². The van der Waals surface area contributed by atoms with Gasteiger partial charge in [0.2, 0.25) is 17.8 Å². The molecule has 1 fully saturated rings. The minimum absolute atomic E-state index is 0.0909. The standard InChI is InChI=1S/C24H30Cl3N7O2/c1-2-4-15(7-8-20(28)36)34-22-19(12-29-23(33-22)30-14-5-3-6-16(35)11-14)31-24(34)32-21-17(26)9-13(25)10-18(21)27/h9-10,12,14-16,35H,2-8,11H2,1H3,(H2,28,36)(H,31,32)(H,29,30,33)/t14-,15+,16-/m0/s1. The van der Waals surface area contributed by atoms with Gasteiger partial charge in [-0.05, 0) is 50.7 Å². The number of rotatable bonds is 10. The van der Waals surface area contributed by atoms with Gasteiger partial charge in [0, 0.05) is 23.5 Å². The van der Waals surface area contributed by atoms with Gasteiger partial charge in [0.15, 0.2) is 5.65 Å². The Hall–Kier alpha value is -2.33. The third-order valence-corrected chi connectivity index (χ3v) is 7.18. The number of nitrogens with two attached hydrogens (primary N) is 1. The molecule has 1 aromatic carbocycles. The Bertz CT molecular complexity index is 1210. The zero-order valence-electron chi connectivity index (χ0n) is 20.0. The first-order valence-electron chi connectivity index (χ1n) is 12.1. The molecule has 0 aliphatic heterocycles. The maximum atomic E-state index is 11.6. The van der Waals surface area contributed by atoms with Crippen LogP contribution in [0.25, 0.3) is 11.2 Å². The summed E-state index contributed by atoms with van der Waals surface area (Å²) in [5.74, 6) is 0.562. The molecule has 1 saturated carbocycles. The number of nitrogens with one attached hydrogen (secondary N) is 2. The van der Waals surface area contributed by atoms with E-state index in [2.05, 4.69) is 22.5 Å². The number of benzene rings is 1. The first-order chi connectivity index (χ1) is 17.2. The molecule has 12 heteroatoms. The summed E-state index contributed by atoms with van der Waals surface area (Å²) >= 11 is 19.0. The molecule has 2 aromatic heterocycles. The molecule has 1 aliphatic carbocycles. The molecule has 194 valence electrons. The highest BCUT2D eigenvalue weighted by atomic mass is 35.5. The lowest BCUT2D eigenvalue weighted by molar-refractivity contribution is -0.118. The van der Waals surface area contributed by atoms with Crippen LogP contribution >= 0.6 is 34.8 Å². The van der Waals surface area contributed by atoms with E-state index in [4.69, 9.17) is 50.5 Å². The number of aliphatic hydroxyl groups excluding tert-OH is 1. The summed E-state index contributed by atoms with van der Waals surface area (Å²) in [4.78, 5) is 25.6. The number of anilines is 3. The number of hydrogen-bond donors (Lipinski definition) is 4. The first kappa shape index (κ1) is 26.7. The molecule has 5 N–H and O–H groups in total. The Morgan fingerprint density at radius 3 is 2.64 bits per heavy atom. The number of carbonyl (C=O) groups is 1. The van der Waals surface area contributed by atoms with E-state index in [0.717, 1.165) is 32.1 Å². The van der Waals surface area contributed by atoms with Crippen molar-refractivity contribution in [1.29, 1.82) is 0 Å². The predicted molar refractivity (Wildman–Crippen MR) is 144 cm³/mol. The molecule has 3 aromatic rings. The fourth-order valence-electron chi connectivity index (χ4n) is 4.69. The third-order valence-electron chi connectivity index (χ3n) is 6.37. The van der Waals surface area contributed by atoms with Crippen LogP contribution in [0.1, 0.15) is 64.3 Å². The maximum absolute atomic E-state index is 11.6. The Labute approximate surface area is 224 Å². The van der Waals surface area contributed by atoms with E-state index in [1.165, 1.54) is 0 Å². The van der Waals surface area contributed by atoms with Crippen LogP contribution in [-0.4, -0.2) is 42.7 Å². The second-order valence-corrected chi connectivity index (χ2v) is 10.4. The molecule has 9 nitrogen and oxygen atoms in total. The lowest BCUT2D eigenvalue weighted by Gasteiger charge is -2.26. The summed E-state index contributed by atoms with van der Waals surface area (Å²) < 4.78 is 1.96. The van der Waals surface area contributed by atoms with E-state index in [1.54, 1.807) is 18.3 Å². The van der Waals surface area contributed by atoms with E-state index in [0.29, 0.717) is 56.7 Å². The predicted octanol–water partition coefficient (Wildman–Crippen LogP) is 5.85. The van der Waals surface area contributed by atoms with Crippen LogP contribution < -0.4 is 16.4 Å². The smallest absolute Gasteiger partial charge is 0.224 e. The molecule has 3 atom stereocenters. The number of aliphatic hydroxyl groups is 1. The second-order valence-electron chi connectivity index (χ2n) is 9.19. The number of nitrogens with zero attached hydrogens (tertiary/aromatic N) is 4. The van der Waals surface area contributed by atoms with Crippen molar-refractivity contribution in [1.82, 2.24) is 19.5 Å². The molecule has 36 heavy (non-hydrogen) atoms. The highest BCUT2D eigenvalue weighted by Crippen LogP contribution is 2.38. The number of hydrogen-bond acceptors (Lipinski definition) is 7. The van der Waals surface area contributed by atoms with E-state index < -0.39 is 0 Å². The van der Waals surface area contributed by atoms with Crippen LogP contribution in [0.2, 0.25) is 15.1 Å². The second kappa shape index (κ2) is 11.8. The number of carbonyl (C=O) groups excluding carboxylic acids is 1. The average molecular weight is 555 g/mol. The van der Waals surface area contributed by atoms with E-state index in [-0.39, 0.29) is 30.5 Å². The minimum Gasteiger partial charge on any atom is -0.393 e. The molecule has 1 amide bonds. The summed E-state index contributed by atoms with van der Waals surface area (Å²) in [6.45, 7) is 2.08. The fourth-order valence-corrected chi connectivity index (χ4v) is 5.60.